The molecule has 0 bridgehead atoms. The Kier molecular flexibility index (Phi) is 9.45. The Bertz CT molecular complexity index is 1340. The molecule has 0 unspecified atom stereocenters. The number of amides is 1. The molecule has 1 amide bonds. The number of allylic oxidation sites excluding steroid dienone is 1. The fourth-order valence-electron chi connectivity index (χ4n) is 4.00. The first-order chi connectivity index (χ1) is 18.3. The Balaban J connectivity index is 1.43. The standard InChI is InChI=1S/C26H28ClFN4O4S2/c1-4-11-32-21(13-35-16-9-10-19(28)18(27)12-16)30-31-26(32)37-14-22(33)29-24-23(25(34)36-15(2)3)17-7-5-6-8-20(17)38-24/h4,9-10,12,15H,1,5-8,11,13-14H2,2-3H3,(H,29,33). The van der Waals surface area contributed by atoms with Crippen LogP contribution < -0.4 is 10.1 Å². The molecule has 0 saturated carbocycles. The van der Waals surface area contributed by atoms with E-state index in [2.05, 4.69) is 22.1 Å². The lowest BCUT2D eigenvalue weighted by molar-refractivity contribution is -0.113. The van der Waals surface area contributed by atoms with Crippen molar-refractivity contribution in [2.75, 3.05) is 11.1 Å². The third-order valence-corrected chi connectivity index (χ3v) is 8.13. The summed E-state index contributed by atoms with van der Waals surface area (Å²) in [5.41, 5.74) is 1.47. The van der Waals surface area contributed by atoms with Crippen molar-refractivity contribution in [3.05, 3.63) is 63.5 Å². The first-order valence-corrected chi connectivity index (χ1v) is 14.3. The van der Waals surface area contributed by atoms with Gasteiger partial charge in [0, 0.05) is 17.5 Å². The van der Waals surface area contributed by atoms with E-state index in [0.29, 0.717) is 33.8 Å². The molecule has 0 atom stereocenters. The van der Waals surface area contributed by atoms with Gasteiger partial charge < -0.3 is 14.8 Å². The number of carbonyl (C=O) groups excluding carboxylic acids is 2. The molecular formula is C26H28ClFN4O4S2. The summed E-state index contributed by atoms with van der Waals surface area (Å²) in [6.07, 6.45) is 5.21. The summed E-state index contributed by atoms with van der Waals surface area (Å²) in [6, 6.07) is 4.09. The largest absolute Gasteiger partial charge is 0.486 e. The molecule has 0 aliphatic heterocycles. The number of carbonyl (C=O) groups is 2. The number of ether oxygens (including phenoxy) is 2. The van der Waals surface area contributed by atoms with Crippen LogP contribution in [0.15, 0.2) is 36.0 Å². The van der Waals surface area contributed by atoms with Gasteiger partial charge in [0.15, 0.2) is 11.0 Å². The van der Waals surface area contributed by atoms with Crippen LogP contribution in [-0.4, -0.2) is 38.5 Å². The highest BCUT2D eigenvalue weighted by Gasteiger charge is 2.28. The molecule has 0 saturated heterocycles. The molecule has 2 aromatic heterocycles. The van der Waals surface area contributed by atoms with Gasteiger partial charge >= 0.3 is 5.97 Å². The Hall–Kier alpha value is -2.89. The molecule has 12 heteroatoms. The highest BCUT2D eigenvalue weighted by atomic mass is 35.5. The molecule has 1 aliphatic carbocycles. The van der Waals surface area contributed by atoms with Crippen LogP contribution in [0.2, 0.25) is 5.02 Å². The molecular weight excluding hydrogens is 551 g/mol. The van der Waals surface area contributed by atoms with Gasteiger partial charge in [-0.15, -0.1) is 28.1 Å². The van der Waals surface area contributed by atoms with Gasteiger partial charge in [-0.2, -0.15) is 0 Å². The van der Waals surface area contributed by atoms with Crippen molar-refractivity contribution in [2.24, 2.45) is 0 Å². The highest BCUT2D eigenvalue weighted by Crippen LogP contribution is 2.39. The maximum atomic E-state index is 13.4. The number of anilines is 1. The van der Waals surface area contributed by atoms with Crippen molar-refractivity contribution in [2.45, 2.75) is 63.9 Å². The van der Waals surface area contributed by atoms with E-state index in [1.165, 1.54) is 41.3 Å². The number of aromatic nitrogens is 3. The molecule has 1 aromatic carbocycles. The monoisotopic (exact) mass is 578 g/mol. The zero-order valence-corrected chi connectivity index (χ0v) is 23.5. The third-order valence-electron chi connectivity index (χ3n) is 5.67. The summed E-state index contributed by atoms with van der Waals surface area (Å²) in [5.74, 6) is -0.233. The lowest BCUT2D eigenvalue weighted by Crippen LogP contribution is -2.19. The van der Waals surface area contributed by atoms with E-state index in [0.717, 1.165) is 36.1 Å². The third kappa shape index (κ3) is 6.75. The minimum atomic E-state index is -0.530. The second kappa shape index (κ2) is 12.8. The first-order valence-electron chi connectivity index (χ1n) is 12.2. The summed E-state index contributed by atoms with van der Waals surface area (Å²) in [7, 11) is 0. The summed E-state index contributed by atoms with van der Waals surface area (Å²) in [6.45, 7) is 7.86. The fraction of sp³-hybridized carbons (Fsp3) is 0.385. The van der Waals surface area contributed by atoms with Crippen LogP contribution in [0.5, 0.6) is 5.75 Å². The van der Waals surface area contributed by atoms with Gasteiger partial charge in [-0.25, -0.2) is 9.18 Å². The number of hydrogen-bond acceptors (Lipinski definition) is 8. The maximum Gasteiger partial charge on any atom is 0.341 e. The molecule has 38 heavy (non-hydrogen) atoms. The summed E-state index contributed by atoms with van der Waals surface area (Å²) in [5, 5.41) is 12.3. The molecule has 1 aliphatic rings. The highest BCUT2D eigenvalue weighted by molar-refractivity contribution is 7.99. The fourth-order valence-corrected chi connectivity index (χ4v) is 6.23. The number of esters is 1. The summed E-state index contributed by atoms with van der Waals surface area (Å²) >= 11 is 8.48. The van der Waals surface area contributed by atoms with Gasteiger partial charge in [0.05, 0.1) is 22.4 Å². The van der Waals surface area contributed by atoms with Gasteiger partial charge in [0.2, 0.25) is 5.91 Å². The molecule has 2 heterocycles. The zero-order valence-electron chi connectivity index (χ0n) is 21.1. The van der Waals surface area contributed by atoms with Crippen LogP contribution in [-0.2, 0) is 35.5 Å². The van der Waals surface area contributed by atoms with Gasteiger partial charge in [-0.3, -0.25) is 9.36 Å². The van der Waals surface area contributed by atoms with E-state index in [1.807, 2.05) is 0 Å². The predicted molar refractivity (Wildman–Crippen MR) is 147 cm³/mol. The molecule has 202 valence electrons. The number of aryl methyl sites for hydroxylation is 1. The molecule has 1 N–H and O–H groups in total. The SMILES string of the molecule is C=CCn1c(COc2ccc(F)c(Cl)c2)nnc1SCC(=O)Nc1sc2c(c1C(=O)OC(C)C)CCCC2. The number of nitrogens with one attached hydrogen (secondary N) is 1. The van der Waals surface area contributed by atoms with E-state index in [1.54, 1.807) is 24.5 Å². The average Bonchev–Trinajstić information content (AvgIpc) is 3.43. The quantitative estimate of drug-likeness (QED) is 0.167. The number of halogens is 2. The zero-order chi connectivity index (χ0) is 27.2. The number of thiophene rings is 1. The number of rotatable bonds is 11. The molecule has 0 fully saturated rings. The van der Waals surface area contributed by atoms with Crippen LogP contribution >= 0.6 is 34.7 Å². The van der Waals surface area contributed by atoms with Gasteiger partial charge in [0.1, 0.15) is 23.2 Å². The Labute approximate surface area is 233 Å². The molecule has 0 spiro atoms. The normalized spacial score (nSPS) is 12.8. The lowest BCUT2D eigenvalue weighted by Gasteiger charge is -2.14. The first kappa shape index (κ1) is 28.1. The number of fused-ring (bicyclic) bond motifs is 1. The van der Waals surface area contributed by atoms with E-state index >= 15 is 0 Å². The van der Waals surface area contributed by atoms with Crippen molar-refractivity contribution < 1.29 is 23.5 Å². The summed E-state index contributed by atoms with van der Waals surface area (Å²) < 4.78 is 26.4. The predicted octanol–water partition coefficient (Wildman–Crippen LogP) is 6.07. The van der Waals surface area contributed by atoms with E-state index in [9.17, 15) is 14.0 Å². The van der Waals surface area contributed by atoms with E-state index in [4.69, 9.17) is 21.1 Å². The van der Waals surface area contributed by atoms with Crippen LogP contribution in [0.1, 0.15) is 53.3 Å². The molecule has 8 nitrogen and oxygen atoms in total. The second-order valence-electron chi connectivity index (χ2n) is 8.87. The van der Waals surface area contributed by atoms with Crippen LogP contribution in [0.4, 0.5) is 9.39 Å². The molecule has 3 aromatic rings. The smallest absolute Gasteiger partial charge is 0.341 e. The average molecular weight is 579 g/mol. The van der Waals surface area contributed by atoms with E-state index in [-0.39, 0.29) is 29.4 Å². The topological polar surface area (TPSA) is 95.3 Å². The summed E-state index contributed by atoms with van der Waals surface area (Å²) in [4.78, 5) is 26.9. The number of hydrogen-bond donors (Lipinski definition) is 1. The van der Waals surface area contributed by atoms with E-state index < -0.39 is 11.8 Å². The Morgan fingerprint density at radius 2 is 2.11 bits per heavy atom. The number of thioether (sulfide) groups is 1. The van der Waals surface area contributed by atoms with Crippen LogP contribution in [0, 0.1) is 5.82 Å². The van der Waals surface area contributed by atoms with Crippen molar-refractivity contribution in [3.8, 4) is 5.75 Å². The van der Waals surface area contributed by atoms with Crippen LogP contribution in [0.3, 0.4) is 0 Å². The number of nitrogens with zero attached hydrogens (tertiary/aromatic N) is 3. The van der Waals surface area contributed by atoms with Crippen molar-refractivity contribution in [1.29, 1.82) is 0 Å². The number of benzene rings is 1. The van der Waals surface area contributed by atoms with Gasteiger partial charge in [-0.05, 0) is 57.2 Å². The Morgan fingerprint density at radius 1 is 1.32 bits per heavy atom. The Morgan fingerprint density at radius 3 is 2.84 bits per heavy atom. The second-order valence-corrected chi connectivity index (χ2v) is 11.3. The van der Waals surface area contributed by atoms with Crippen molar-refractivity contribution in [1.82, 2.24) is 14.8 Å². The van der Waals surface area contributed by atoms with Gasteiger partial charge in [-0.1, -0.05) is 29.4 Å². The van der Waals surface area contributed by atoms with Crippen molar-refractivity contribution in [3.63, 3.8) is 0 Å². The van der Waals surface area contributed by atoms with Crippen LogP contribution in [0.25, 0.3) is 0 Å². The minimum absolute atomic E-state index is 0.0375. The minimum Gasteiger partial charge on any atom is -0.486 e. The van der Waals surface area contributed by atoms with Crippen molar-refractivity contribution >= 4 is 51.6 Å². The van der Waals surface area contributed by atoms with Gasteiger partial charge in [0.25, 0.3) is 0 Å². The molecule has 4 rings (SSSR count). The lowest BCUT2D eigenvalue weighted by atomic mass is 9.95. The molecule has 0 radical (unpaired) electrons. The maximum absolute atomic E-state index is 13.4.